The van der Waals surface area contributed by atoms with Crippen LogP contribution in [0, 0.1) is 0 Å². The van der Waals surface area contributed by atoms with Gasteiger partial charge >= 0.3 is 0 Å². The van der Waals surface area contributed by atoms with Crippen LogP contribution in [0.5, 0.6) is 0 Å². The molecule has 10 aromatic rings. The first-order valence-electron chi connectivity index (χ1n) is 17.1. The highest BCUT2D eigenvalue weighted by molar-refractivity contribution is 6.23. The van der Waals surface area contributed by atoms with Gasteiger partial charge in [0.15, 0.2) is 0 Å². The van der Waals surface area contributed by atoms with Gasteiger partial charge in [0.25, 0.3) is 0 Å². The highest BCUT2D eigenvalue weighted by Gasteiger charge is 2.21. The van der Waals surface area contributed by atoms with Crippen molar-refractivity contribution < 1.29 is 0 Å². The fourth-order valence-electron chi connectivity index (χ4n) is 7.66. The second kappa shape index (κ2) is 11.5. The maximum absolute atomic E-state index is 5.47. The van der Waals surface area contributed by atoms with Gasteiger partial charge in [-0.15, -0.1) is 0 Å². The average molecular weight is 638 g/mol. The first-order valence-corrected chi connectivity index (χ1v) is 17.1. The number of fused-ring (bicyclic) bond motifs is 7. The Morgan fingerprint density at radius 2 is 0.800 bits per heavy atom. The lowest BCUT2D eigenvalue weighted by Crippen LogP contribution is -2.01. The van der Waals surface area contributed by atoms with Gasteiger partial charge in [0, 0.05) is 32.8 Å². The van der Waals surface area contributed by atoms with Gasteiger partial charge in [0.2, 0.25) is 0 Å². The second-order valence-corrected chi connectivity index (χ2v) is 12.8. The van der Waals surface area contributed by atoms with Gasteiger partial charge in [-0.3, -0.25) is 4.57 Å². The molecule has 0 saturated carbocycles. The maximum atomic E-state index is 5.47. The van der Waals surface area contributed by atoms with Crippen LogP contribution in [0.1, 0.15) is 0 Å². The molecule has 0 aliphatic heterocycles. The second-order valence-electron chi connectivity index (χ2n) is 12.8. The lowest BCUT2D eigenvalue weighted by Gasteiger charge is -2.14. The third kappa shape index (κ3) is 4.48. The molecule has 0 radical (unpaired) electrons. The van der Waals surface area contributed by atoms with Crippen molar-refractivity contribution in [2.75, 3.05) is 0 Å². The summed E-state index contributed by atoms with van der Waals surface area (Å²) < 4.78 is 4.79. The zero-order chi connectivity index (χ0) is 33.0. The minimum absolute atomic E-state index is 0.887. The van der Waals surface area contributed by atoms with Crippen molar-refractivity contribution in [1.82, 2.24) is 14.1 Å². The number of aromatic nitrogens is 3. The van der Waals surface area contributed by atoms with Gasteiger partial charge in [-0.1, -0.05) is 133 Å². The number of benzene rings is 7. The molecule has 50 heavy (non-hydrogen) atoms. The van der Waals surface area contributed by atoms with Gasteiger partial charge in [-0.05, 0) is 76.9 Å². The number of para-hydroxylation sites is 3. The average Bonchev–Trinajstić information content (AvgIpc) is 3.72. The molecule has 0 N–H and O–H groups in total. The molecule has 234 valence electrons. The topological polar surface area (TPSA) is 22.8 Å². The molecule has 0 atom stereocenters. The minimum Gasteiger partial charge on any atom is -0.307 e. The molecule has 10 rings (SSSR count). The van der Waals surface area contributed by atoms with Crippen molar-refractivity contribution >= 4 is 43.6 Å². The van der Waals surface area contributed by atoms with E-state index in [9.17, 15) is 0 Å². The van der Waals surface area contributed by atoms with E-state index in [4.69, 9.17) is 4.98 Å². The van der Waals surface area contributed by atoms with E-state index in [1.807, 2.05) is 0 Å². The highest BCUT2D eigenvalue weighted by atomic mass is 15.1. The molecule has 0 saturated heterocycles. The molecule has 0 unspecified atom stereocenters. The first-order chi connectivity index (χ1) is 24.8. The first kappa shape index (κ1) is 28.3. The molecule has 0 amide bonds. The van der Waals surface area contributed by atoms with Crippen LogP contribution in [0.25, 0.3) is 88.6 Å². The van der Waals surface area contributed by atoms with E-state index in [1.54, 1.807) is 0 Å². The quantitative estimate of drug-likeness (QED) is 0.184. The molecule has 7 aromatic carbocycles. The third-order valence-corrected chi connectivity index (χ3v) is 9.89. The van der Waals surface area contributed by atoms with Crippen molar-refractivity contribution in [3.8, 4) is 45.0 Å². The fourth-order valence-corrected chi connectivity index (χ4v) is 7.66. The molecule has 0 spiro atoms. The van der Waals surface area contributed by atoms with Crippen molar-refractivity contribution in [2.45, 2.75) is 0 Å². The Balaban J connectivity index is 1.27. The van der Waals surface area contributed by atoms with Crippen LogP contribution in [0.3, 0.4) is 0 Å². The molecule has 0 aliphatic rings. The van der Waals surface area contributed by atoms with Crippen LogP contribution in [-0.4, -0.2) is 14.1 Å². The predicted octanol–water partition coefficient (Wildman–Crippen LogP) is 12.3. The van der Waals surface area contributed by atoms with E-state index in [2.05, 4.69) is 197 Å². The molecule has 3 heteroatoms. The highest BCUT2D eigenvalue weighted by Crippen LogP contribution is 2.42. The lowest BCUT2D eigenvalue weighted by molar-refractivity contribution is 1.08. The smallest absolute Gasteiger partial charge is 0.138 e. The normalized spacial score (nSPS) is 11.6. The number of nitrogens with zero attached hydrogens (tertiary/aromatic N) is 3. The van der Waals surface area contributed by atoms with E-state index in [1.165, 1.54) is 54.8 Å². The van der Waals surface area contributed by atoms with E-state index in [-0.39, 0.29) is 0 Å². The van der Waals surface area contributed by atoms with Crippen molar-refractivity contribution in [1.29, 1.82) is 0 Å². The lowest BCUT2D eigenvalue weighted by atomic mass is 9.95. The van der Waals surface area contributed by atoms with Gasteiger partial charge in [-0.25, -0.2) is 4.98 Å². The van der Waals surface area contributed by atoms with Crippen LogP contribution in [-0.2, 0) is 0 Å². The maximum Gasteiger partial charge on any atom is 0.138 e. The van der Waals surface area contributed by atoms with E-state index in [0.29, 0.717) is 0 Å². The van der Waals surface area contributed by atoms with E-state index in [0.717, 1.165) is 33.8 Å². The van der Waals surface area contributed by atoms with Crippen LogP contribution >= 0.6 is 0 Å². The van der Waals surface area contributed by atoms with Crippen molar-refractivity contribution in [3.63, 3.8) is 0 Å². The Morgan fingerprint density at radius 1 is 0.320 bits per heavy atom. The van der Waals surface area contributed by atoms with Crippen molar-refractivity contribution in [2.24, 2.45) is 0 Å². The van der Waals surface area contributed by atoms with E-state index < -0.39 is 0 Å². The Bertz CT molecular complexity index is 2790. The summed E-state index contributed by atoms with van der Waals surface area (Å²) in [4.78, 5) is 5.47. The summed E-state index contributed by atoms with van der Waals surface area (Å²) in [6.07, 6.45) is 0. The largest absolute Gasteiger partial charge is 0.307 e. The van der Waals surface area contributed by atoms with Crippen molar-refractivity contribution in [3.05, 3.63) is 188 Å². The molecule has 3 aromatic heterocycles. The number of hydrogen-bond acceptors (Lipinski definition) is 1. The zero-order valence-electron chi connectivity index (χ0n) is 27.2. The summed E-state index contributed by atoms with van der Waals surface area (Å²) >= 11 is 0. The standard InChI is InChI=1S/C47H31N3/c1-4-15-32(16-5-1)34-29-35(33-17-6-2-7-18-33)31-36(30-34)42-23-14-26-45(48-42)50-44-25-13-11-22-39(44)41-28-27-40-38-21-10-12-24-43(38)49(46(40)47(41)50)37-19-8-3-9-20-37/h1-31H. The van der Waals surface area contributed by atoms with Crippen LogP contribution < -0.4 is 0 Å². The zero-order valence-corrected chi connectivity index (χ0v) is 27.2. The summed E-state index contributed by atoms with van der Waals surface area (Å²) in [5.41, 5.74) is 12.5. The monoisotopic (exact) mass is 637 g/mol. The molecular formula is C47H31N3. The summed E-state index contributed by atoms with van der Waals surface area (Å²) in [6.45, 7) is 0. The Kier molecular flexibility index (Phi) is 6.49. The van der Waals surface area contributed by atoms with Crippen LogP contribution in [0.15, 0.2) is 188 Å². The number of rotatable bonds is 5. The Hall–Kier alpha value is -6.71. The molecule has 0 aliphatic carbocycles. The number of hydrogen-bond donors (Lipinski definition) is 0. The van der Waals surface area contributed by atoms with E-state index >= 15 is 0 Å². The predicted molar refractivity (Wildman–Crippen MR) is 209 cm³/mol. The van der Waals surface area contributed by atoms with Gasteiger partial charge in [0.05, 0.1) is 27.8 Å². The van der Waals surface area contributed by atoms with Gasteiger partial charge < -0.3 is 4.57 Å². The SMILES string of the molecule is c1ccc(-c2cc(-c3ccccc3)cc(-c3cccc(-n4c5ccccc5c5ccc6c7ccccc7n(-c7ccccc7)c6c54)n3)c2)cc1. The molecule has 3 heterocycles. The van der Waals surface area contributed by atoms with Gasteiger partial charge in [-0.2, -0.15) is 0 Å². The molecule has 3 nitrogen and oxygen atoms in total. The molecular weight excluding hydrogens is 607 g/mol. The molecule has 0 fully saturated rings. The van der Waals surface area contributed by atoms with Crippen LogP contribution in [0.4, 0.5) is 0 Å². The number of pyridine rings is 1. The summed E-state index contributed by atoms with van der Waals surface area (Å²) in [7, 11) is 0. The van der Waals surface area contributed by atoms with Gasteiger partial charge in [0.1, 0.15) is 5.82 Å². The third-order valence-electron chi connectivity index (χ3n) is 9.89. The minimum atomic E-state index is 0.887. The fraction of sp³-hybridized carbons (Fsp3) is 0. The summed E-state index contributed by atoms with van der Waals surface area (Å²) in [5, 5.41) is 4.87. The summed E-state index contributed by atoms with van der Waals surface area (Å²) in [6, 6.07) is 67.2. The van der Waals surface area contributed by atoms with Crippen LogP contribution in [0.2, 0.25) is 0 Å². The summed E-state index contributed by atoms with van der Waals surface area (Å²) in [5.74, 6) is 0.887. The Labute approximate surface area is 290 Å². The molecule has 0 bridgehead atoms. The Morgan fingerprint density at radius 3 is 1.40 bits per heavy atom.